The Bertz CT molecular complexity index is 673. The second-order valence-electron chi connectivity index (χ2n) is 4.47. The van der Waals surface area contributed by atoms with Crippen LogP contribution >= 0.6 is 34.9 Å². The molecule has 10 heteroatoms. The van der Waals surface area contributed by atoms with E-state index in [1.807, 2.05) is 6.92 Å². The van der Waals surface area contributed by atoms with Gasteiger partial charge in [-0.1, -0.05) is 47.0 Å². The van der Waals surface area contributed by atoms with Crippen LogP contribution in [0.1, 0.15) is 23.3 Å². The normalized spacial score (nSPS) is 13.0. The van der Waals surface area contributed by atoms with Crippen LogP contribution in [0.2, 0.25) is 0 Å². The molecule has 0 aliphatic carbocycles. The molecular formula is C13H12F3N3OS3. The number of thioether (sulfide) groups is 2. The molecule has 124 valence electrons. The average Bonchev–Trinajstić information content (AvgIpc) is 2.92. The van der Waals surface area contributed by atoms with Gasteiger partial charge in [0.05, 0.1) is 11.3 Å². The average molecular weight is 379 g/mol. The summed E-state index contributed by atoms with van der Waals surface area (Å²) < 4.78 is 38.9. The van der Waals surface area contributed by atoms with Gasteiger partial charge in [0.15, 0.2) is 8.68 Å². The minimum atomic E-state index is -4.33. The first-order valence-electron chi connectivity index (χ1n) is 6.34. The smallest absolute Gasteiger partial charge is 0.369 e. The van der Waals surface area contributed by atoms with Crippen molar-refractivity contribution in [2.24, 2.45) is 5.73 Å². The van der Waals surface area contributed by atoms with Crippen LogP contribution in [-0.4, -0.2) is 21.9 Å². The Balaban J connectivity index is 1.99. The van der Waals surface area contributed by atoms with Crippen LogP contribution in [0.4, 0.5) is 13.2 Å². The second kappa shape index (κ2) is 7.54. The predicted molar refractivity (Wildman–Crippen MR) is 85.5 cm³/mol. The fraction of sp³-hybridized carbons (Fsp3) is 0.308. The van der Waals surface area contributed by atoms with E-state index in [2.05, 4.69) is 10.2 Å². The molecule has 23 heavy (non-hydrogen) atoms. The van der Waals surface area contributed by atoms with Crippen molar-refractivity contribution in [1.29, 1.82) is 0 Å². The summed E-state index contributed by atoms with van der Waals surface area (Å²) in [6.07, 6.45) is -4.33. The number of primary amides is 1. The molecular weight excluding hydrogens is 367 g/mol. The third-order valence-electron chi connectivity index (χ3n) is 2.71. The van der Waals surface area contributed by atoms with E-state index < -0.39 is 17.6 Å². The van der Waals surface area contributed by atoms with E-state index in [0.29, 0.717) is 8.68 Å². The molecule has 1 heterocycles. The Morgan fingerprint density at radius 3 is 2.43 bits per heavy atom. The highest BCUT2D eigenvalue weighted by molar-refractivity contribution is 8.03. The van der Waals surface area contributed by atoms with Gasteiger partial charge in [0.1, 0.15) is 0 Å². The van der Waals surface area contributed by atoms with Crippen LogP contribution in [0.25, 0.3) is 0 Å². The summed E-state index contributed by atoms with van der Waals surface area (Å²) in [7, 11) is 0. The van der Waals surface area contributed by atoms with Crippen molar-refractivity contribution in [3.63, 3.8) is 0 Å². The fourth-order valence-electron chi connectivity index (χ4n) is 1.60. The van der Waals surface area contributed by atoms with E-state index in [9.17, 15) is 18.0 Å². The highest BCUT2D eigenvalue weighted by atomic mass is 32.2. The van der Waals surface area contributed by atoms with Crippen LogP contribution in [0, 0.1) is 0 Å². The SMILES string of the molecule is CC(Sc1nnc(SCC(N)=O)s1)c1ccc(C(F)(F)F)cc1. The lowest BCUT2D eigenvalue weighted by Gasteiger charge is -2.11. The van der Waals surface area contributed by atoms with E-state index in [1.165, 1.54) is 47.0 Å². The maximum absolute atomic E-state index is 12.5. The maximum atomic E-state index is 12.5. The minimum Gasteiger partial charge on any atom is -0.369 e. The largest absolute Gasteiger partial charge is 0.416 e. The first-order chi connectivity index (χ1) is 10.8. The molecule has 2 N–H and O–H groups in total. The Morgan fingerprint density at radius 1 is 1.26 bits per heavy atom. The van der Waals surface area contributed by atoms with Gasteiger partial charge in [0.2, 0.25) is 5.91 Å². The standard InChI is InChI=1S/C13H12F3N3OS3/c1-7(8-2-4-9(5-3-8)13(14,15)16)22-12-19-18-11(23-12)21-6-10(17)20/h2-5,7H,6H2,1H3,(H2,17,20). The molecule has 0 saturated heterocycles. The molecule has 0 saturated carbocycles. The number of nitrogens with zero attached hydrogens (tertiary/aromatic N) is 2. The van der Waals surface area contributed by atoms with E-state index in [1.54, 1.807) is 0 Å². The lowest BCUT2D eigenvalue weighted by atomic mass is 10.1. The van der Waals surface area contributed by atoms with Crippen molar-refractivity contribution in [2.45, 2.75) is 27.0 Å². The van der Waals surface area contributed by atoms with Gasteiger partial charge in [0.25, 0.3) is 0 Å². The van der Waals surface area contributed by atoms with Gasteiger partial charge in [-0.3, -0.25) is 4.79 Å². The number of halogens is 3. The van der Waals surface area contributed by atoms with Gasteiger partial charge < -0.3 is 5.73 Å². The molecule has 0 spiro atoms. The number of carbonyl (C=O) groups excluding carboxylic acids is 1. The van der Waals surface area contributed by atoms with Gasteiger partial charge in [-0.2, -0.15) is 13.2 Å². The number of benzene rings is 1. The summed E-state index contributed by atoms with van der Waals surface area (Å²) in [5, 5.41) is 7.86. The lowest BCUT2D eigenvalue weighted by molar-refractivity contribution is -0.137. The Hall–Kier alpha value is -1.26. The second-order valence-corrected chi connectivity index (χ2v) is 8.26. The highest BCUT2D eigenvalue weighted by Gasteiger charge is 2.30. The molecule has 0 aliphatic rings. The van der Waals surface area contributed by atoms with Gasteiger partial charge in [0, 0.05) is 5.25 Å². The molecule has 2 rings (SSSR count). The number of nitrogens with two attached hydrogens (primary N) is 1. The number of carbonyl (C=O) groups is 1. The summed E-state index contributed by atoms with van der Waals surface area (Å²) in [5.41, 5.74) is 5.16. The fourth-order valence-corrected chi connectivity index (χ4v) is 4.63. The minimum absolute atomic E-state index is 0.0702. The highest BCUT2D eigenvalue weighted by Crippen LogP contribution is 2.39. The van der Waals surface area contributed by atoms with E-state index in [0.717, 1.165) is 17.7 Å². The number of amides is 1. The Kier molecular flexibility index (Phi) is 5.93. The van der Waals surface area contributed by atoms with Crippen molar-refractivity contribution in [2.75, 3.05) is 5.75 Å². The number of hydrogen-bond acceptors (Lipinski definition) is 6. The molecule has 1 amide bonds. The van der Waals surface area contributed by atoms with E-state index >= 15 is 0 Å². The molecule has 0 radical (unpaired) electrons. The van der Waals surface area contributed by atoms with E-state index in [-0.39, 0.29) is 11.0 Å². The van der Waals surface area contributed by atoms with Gasteiger partial charge in [-0.15, -0.1) is 10.2 Å². The van der Waals surface area contributed by atoms with Crippen LogP contribution in [0.15, 0.2) is 32.9 Å². The summed E-state index contributed by atoms with van der Waals surface area (Å²) >= 11 is 3.93. The summed E-state index contributed by atoms with van der Waals surface area (Å²) in [6.45, 7) is 1.88. The number of rotatable bonds is 6. The van der Waals surface area contributed by atoms with E-state index in [4.69, 9.17) is 5.73 Å². The molecule has 0 aliphatic heterocycles. The zero-order valence-corrected chi connectivity index (χ0v) is 14.3. The summed E-state index contributed by atoms with van der Waals surface area (Å²) in [4.78, 5) is 10.7. The first kappa shape index (κ1) is 18.1. The summed E-state index contributed by atoms with van der Waals surface area (Å²) in [5.74, 6) is -0.300. The monoisotopic (exact) mass is 379 g/mol. The first-order valence-corrected chi connectivity index (χ1v) is 9.02. The molecule has 1 unspecified atom stereocenters. The van der Waals surface area contributed by atoms with Crippen LogP contribution in [0.5, 0.6) is 0 Å². The van der Waals surface area contributed by atoms with Crippen molar-refractivity contribution in [3.8, 4) is 0 Å². The van der Waals surface area contributed by atoms with Crippen LogP contribution in [-0.2, 0) is 11.0 Å². The molecule has 1 aromatic carbocycles. The Labute approximate surface area is 143 Å². The Morgan fingerprint density at radius 2 is 1.87 bits per heavy atom. The third kappa shape index (κ3) is 5.40. The molecule has 1 aromatic heterocycles. The number of alkyl halides is 3. The predicted octanol–water partition coefficient (Wildman–Crippen LogP) is 3.99. The lowest BCUT2D eigenvalue weighted by Crippen LogP contribution is -2.12. The van der Waals surface area contributed by atoms with Crippen LogP contribution < -0.4 is 5.73 Å². The molecule has 2 aromatic rings. The molecule has 0 fully saturated rings. The van der Waals surface area contributed by atoms with Gasteiger partial charge >= 0.3 is 6.18 Å². The zero-order valence-electron chi connectivity index (χ0n) is 11.8. The number of aromatic nitrogens is 2. The maximum Gasteiger partial charge on any atom is 0.416 e. The zero-order chi connectivity index (χ0) is 17.0. The summed E-state index contributed by atoms with van der Waals surface area (Å²) in [6, 6.07) is 5.07. The van der Waals surface area contributed by atoms with Crippen molar-refractivity contribution >= 4 is 40.8 Å². The quantitative estimate of drug-likeness (QED) is 0.769. The third-order valence-corrected chi connectivity index (χ3v) is 6.03. The van der Waals surface area contributed by atoms with Crippen molar-refractivity contribution in [1.82, 2.24) is 10.2 Å². The molecule has 0 bridgehead atoms. The van der Waals surface area contributed by atoms with Crippen molar-refractivity contribution < 1.29 is 18.0 Å². The van der Waals surface area contributed by atoms with Gasteiger partial charge in [-0.25, -0.2) is 0 Å². The topological polar surface area (TPSA) is 68.9 Å². The van der Waals surface area contributed by atoms with Crippen LogP contribution in [0.3, 0.4) is 0 Å². The van der Waals surface area contributed by atoms with Gasteiger partial charge in [-0.05, 0) is 24.6 Å². The molecule has 4 nitrogen and oxygen atoms in total. The number of hydrogen-bond donors (Lipinski definition) is 1. The van der Waals surface area contributed by atoms with Crippen molar-refractivity contribution in [3.05, 3.63) is 35.4 Å². The molecule has 1 atom stereocenters.